The molecule has 3 aromatic carbocycles. The molecule has 36 heavy (non-hydrogen) atoms. The van der Waals surface area contributed by atoms with Crippen LogP contribution in [-0.2, 0) is 13.0 Å². The number of aryl methyl sites for hydroxylation is 1. The molecule has 0 aliphatic carbocycles. The summed E-state index contributed by atoms with van der Waals surface area (Å²) < 4.78 is 27.0. The SMILES string of the molecule is COc1ccc(C(=O)NCCCCCc2nc3ccccc3n2Cc2c(F)cccc2Cl)cc1OC. The minimum absolute atomic E-state index is 0.153. The van der Waals surface area contributed by atoms with Crippen LogP contribution in [0.1, 0.15) is 41.0 Å². The van der Waals surface area contributed by atoms with E-state index in [0.717, 1.165) is 42.5 Å². The molecular formula is C28H29ClFN3O3. The first-order chi connectivity index (χ1) is 17.5. The first-order valence-electron chi connectivity index (χ1n) is 11.9. The summed E-state index contributed by atoms with van der Waals surface area (Å²) >= 11 is 6.29. The van der Waals surface area contributed by atoms with Crippen molar-refractivity contribution in [2.45, 2.75) is 32.2 Å². The minimum atomic E-state index is -0.323. The van der Waals surface area contributed by atoms with E-state index in [2.05, 4.69) is 5.32 Å². The average Bonchev–Trinajstić information content (AvgIpc) is 3.24. The molecular weight excluding hydrogens is 481 g/mol. The van der Waals surface area contributed by atoms with Gasteiger partial charge in [0.05, 0.1) is 31.8 Å². The van der Waals surface area contributed by atoms with Gasteiger partial charge >= 0.3 is 0 Å². The van der Waals surface area contributed by atoms with E-state index in [4.69, 9.17) is 26.1 Å². The lowest BCUT2D eigenvalue weighted by Gasteiger charge is -2.12. The Hall–Kier alpha value is -3.58. The molecule has 8 heteroatoms. The van der Waals surface area contributed by atoms with Gasteiger partial charge in [0, 0.05) is 29.1 Å². The van der Waals surface area contributed by atoms with Crippen molar-refractivity contribution in [2.24, 2.45) is 0 Å². The Morgan fingerprint density at radius 1 is 1.00 bits per heavy atom. The number of aromatic nitrogens is 2. The number of carbonyl (C=O) groups is 1. The van der Waals surface area contributed by atoms with Gasteiger partial charge < -0.3 is 19.4 Å². The molecule has 1 aromatic heterocycles. The predicted octanol–water partition coefficient (Wildman–Crippen LogP) is 6.04. The van der Waals surface area contributed by atoms with Crippen LogP contribution in [0.3, 0.4) is 0 Å². The van der Waals surface area contributed by atoms with Gasteiger partial charge in [-0.1, -0.05) is 36.2 Å². The minimum Gasteiger partial charge on any atom is -0.493 e. The number of amides is 1. The van der Waals surface area contributed by atoms with E-state index >= 15 is 0 Å². The summed E-state index contributed by atoms with van der Waals surface area (Å²) in [5.41, 5.74) is 2.81. The van der Waals surface area contributed by atoms with Crippen LogP contribution in [0.15, 0.2) is 60.7 Å². The molecule has 188 valence electrons. The van der Waals surface area contributed by atoms with Gasteiger partial charge in [-0.15, -0.1) is 0 Å². The molecule has 0 atom stereocenters. The summed E-state index contributed by atoms with van der Waals surface area (Å²) in [7, 11) is 3.10. The molecule has 1 heterocycles. The fraction of sp³-hybridized carbons (Fsp3) is 0.286. The molecule has 0 radical (unpaired) electrons. The van der Waals surface area contributed by atoms with Crippen LogP contribution in [0.25, 0.3) is 11.0 Å². The number of unbranched alkanes of at least 4 members (excludes halogenated alkanes) is 2. The van der Waals surface area contributed by atoms with Crippen molar-refractivity contribution in [3.05, 3.63) is 88.5 Å². The molecule has 0 saturated carbocycles. The predicted molar refractivity (Wildman–Crippen MR) is 140 cm³/mol. The molecule has 0 aliphatic rings. The van der Waals surface area contributed by atoms with Crippen LogP contribution >= 0.6 is 11.6 Å². The Balaban J connectivity index is 1.33. The number of nitrogens with zero attached hydrogens (tertiary/aromatic N) is 2. The van der Waals surface area contributed by atoms with Crippen LogP contribution in [-0.4, -0.2) is 36.2 Å². The number of para-hydroxylation sites is 2. The lowest BCUT2D eigenvalue weighted by molar-refractivity contribution is 0.0952. The van der Waals surface area contributed by atoms with Gasteiger partial charge in [0.15, 0.2) is 11.5 Å². The number of hydrogen-bond donors (Lipinski definition) is 1. The summed E-state index contributed by atoms with van der Waals surface area (Å²) in [6, 6.07) is 17.7. The quantitative estimate of drug-likeness (QED) is 0.250. The van der Waals surface area contributed by atoms with E-state index in [-0.39, 0.29) is 11.7 Å². The Morgan fingerprint density at radius 3 is 2.58 bits per heavy atom. The second kappa shape index (κ2) is 11.9. The highest BCUT2D eigenvalue weighted by Gasteiger charge is 2.15. The summed E-state index contributed by atoms with van der Waals surface area (Å²) in [5, 5.41) is 3.36. The Labute approximate surface area is 215 Å². The fourth-order valence-corrected chi connectivity index (χ4v) is 4.42. The summed E-state index contributed by atoms with van der Waals surface area (Å²) in [6.07, 6.45) is 3.37. The lowest BCUT2D eigenvalue weighted by atomic mass is 10.1. The monoisotopic (exact) mass is 509 g/mol. The van der Waals surface area contributed by atoms with Gasteiger partial charge in [-0.3, -0.25) is 4.79 Å². The first-order valence-corrected chi connectivity index (χ1v) is 12.3. The number of rotatable bonds is 11. The van der Waals surface area contributed by atoms with Crippen molar-refractivity contribution in [3.8, 4) is 11.5 Å². The normalized spacial score (nSPS) is 11.0. The zero-order valence-corrected chi connectivity index (χ0v) is 21.1. The topological polar surface area (TPSA) is 65.4 Å². The van der Waals surface area contributed by atoms with Gasteiger partial charge in [-0.05, 0) is 55.3 Å². The maximum absolute atomic E-state index is 14.5. The molecule has 0 aliphatic heterocycles. The number of halogens is 2. The third kappa shape index (κ3) is 5.79. The Bertz CT molecular complexity index is 1340. The number of methoxy groups -OCH3 is 2. The number of nitrogens with one attached hydrogen (secondary N) is 1. The van der Waals surface area contributed by atoms with E-state index in [0.29, 0.717) is 40.7 Å². The van der Waals surface area contributed by atoms with E-state index in [1.807, 2.05) is 28.8 Å². The maximum Gasteiger partial charge on any atom is 0.251 e. The van der Waals surface area contributed by atoms with Gasteiger partial charge in [-0.25, -0.2) is 9.37 Å². The number of ether oxygens (including phenoxy) is 2. The summed E-state index contributed by atoms with van der Waals surface area (Å²) in [5.74, 6) is 1.52. The molecule has 6 nitrogen and oxygen atoms in total. The second-order valence-corrected chi connectivity index (χ2v) is 8.85. The van der Waals surface area contributed by atoms with Crippen molar-refractivity contribution >= 4 is 28.5 Å². The Morgan fingerprint density at radius 2 is 1.81 bits per heavy atom. The molecule has 1 amide bonds. The van der Waals surface area contributed by atoms with Crippen LogP contribution in [0.5, 0.6) is 11.5 Å². The summed E-state index contributed by atoms with van der Waals surface area (Å²) in [6.45, 7) is 0.886. The third-order valence-electron chi connectivity index (χ3n) is 6.12. The van der Waals surface area contributed by atoms with Gasteiger partial charge in [0.25, 0.3) is 5.91 Å². The van der Waals surface area contributed by atoms with E-state index in [1.54, 1.807) is 44.6 Å². The molecule has 4 rings (SSSR count). The van der Waals surface area contributed by atoms with E-state index in [1.165, 1.54) is 6.07 Å². The molecule has 4 aromatic rings. The van der Waals surface area contributed by atoms with Gasteiger partial charge in [-0.2, -0.15) is 0 Å². The summed E-state index contributed by atoms with van der Waals surface area (Å²) in [4.78, 5) is 17.3. The molecule has 0 fully saturated rings. The molecule has 0 spiro atoms. The van der Waals surface area contributed by atoms with Crippen molar-refractivity contribution in [1.29, 1.82) is 0 Å². The van der Waals surface area contributed by atoms with Crippen molar-refractivity contribution < 1.29 is 18.7 Å². The van der Waals surface area contributed by atoms with Crippen LogP contribution < -0.4 is 14.8 Å². The largest absolute Gasteiger partial charge is 0.493 e. The smallest absolute Gasteiger partial charge is 0.251 e. The van der Waals surface area contributed by atoms with Crippen molar-refractivity contribution in [3.63, 3.8) is 0 Å². The zero-order chi connectivity index (χ0) is 25.5. The molecule has 1 N–H and O–H groups in total. The zero-order valence-electron chi connectivity index (χ0n) is 20.4. The molecule has 0 bridgehead atoms. The number of carbonyl (C=O) groups excluding carboxylic acids is 1. The van der Waals surface area contributed by atoms with Gasteiger partial charge in [0.1, 0.15) is 11.6 Å². The van der Waals surface area contributed by atoms with Crippen LogP contribution in [0.4, 0.5) is 4.39 Å². The third-order valence-corrected chi connectivity index (χ3v) is 6.47. The average molecular weight is 510 g/mol. The highest BCUT2D eigenvalue weighted by Crippen LogP contribution is 2.28. The second-order valence-electron chi connectivity index (χ2n) is 8.44. The number of imidazole rings is 1. The van der Waals surface area contributed by atoms with E-state index in [9.17, 15) is 9.18 Å². The number of fused-ring (bicyclic) bond motifs is 1. The van der Waals surface area contributed by atoms with Crippen LogP contribution in [0.2, 0.25) is 5.02 Å². The molecule has 0 unspecified atom stereocenters. The highest BCUT2D eigenvalue weighted by molar-refractivity contribution is 6.31. The van der Waals surface area contributed by atoms with Crippen molar-refractivity contribution in [2.75, 3.05) is 20.8 Å². The lowest BCUT2D eigenvalue weighted by Crippen LogP contribution is -2.24. The van der Waals surface area contributed by atoms with E-state index < -0.39 is 0 Å². The maximum atomic E-state index is 14.5. The highest BCUT2D eigenvalue weighted by atomic mass is 35.5. The number of benzene rings is 3. The van der Waals surface area contributed by atoms with Crippen LogP contribution in [0, 0.1) is 5.82 Å². The standard InChI is InChI=1S/C28H29ClFN3O3/c1-35-25-15-14-19(17-26(25)36-2)28(34)31-16-7-3-4-13-27-32-23-11-5-6-12-24(23)33(27)18-20-21(29)9-8-10-22(20)30/h5-6,8-12,14-15,17H,3-4,7,13,16,18H2,1-2H3,(H,31,34). The first kappa shape index (κ1) is 25.5. The van der Waals surface area contributed by atoms with Crippen molar-refractivity contribution in [1.82, 2.24) is 14.9 Å². The fourth-order valence-electron chi connectivity index (χ4n) is 4.20. The Kier molecular flexibility index (Phi) is 8.44. The number of hydrogen-bond acceptors (Lipinski definition) is 4. The molecule has 0 saturated heterocycles. The van der Waals surface area contributed by atoms with Gasteiger partial charge in [0.2, 0.25) is 0 Å².